The maximum atomic E-state index is 12.7. The number of amides is 1. The molecule has 0 radical (unpaired) electrons. The molecule has 0 aromatic heterocycles. The molecular weight excluding hydrogens is 250 g/mol. The summed E-state index contributed by atoms with van der Waals surface area (Å²) < 4.78 is 0. The van der Waals surface area contributed by atoms with Gasteiger partial charge in [-0.25, -0.2) is 0 Å². The number of hydrogen-bond donors (Lipinski definition) is 2. The maximum Gasteiger partial charge on any atom is 0.258 e. The average molecular weight is 267 g/mol. The average Bonchev–Trinajstić information content (AvgIpc) is 2.90. The first-order valence-corrected chi connectivity index (χ1v) is 6.68. The van der Waals surface area contributed by atoms with Gasteiger partial charge in [-0.05, 0) is 48.7 Å². The van der Waals surface area contributed by atoms with Crippen molar-refractivity contribution in [2.75, 3.05) is 16.9 Å². The van der Waals surface area contributed by atoms with E-state index in [-0.39, 0.29) is 5.91 Å². The number of fused-ring (bicyclic) bond motifs is 1. The molecule has 0 fully saturated rings. The Bertz CT molecular complexity index is 667. The number of para-hydroxylation sites is 1. The molecular formula is C16H17N3O. The van der Waals surface area contributed by atoms with Crippen molar-refractivity contribution in [2.45, 2.75) is 13.3 Å². The number of nitrogens with two attached hydrogens (primary N) is 1. The van der Waals surface area contributed by atoms with E-state index in [2.05, 4.69) is 11.5 Å². The van der Waals surface area contributed by atoms with Gasteiger partial charge in [0.15, 0.2) is 0 Å². The molecule has 1 aliphatic heterocycles. The topological polar surface area (TPSA) is 58.4 Å². The number of nitrogens with zero attached hydrogens (tertiary/aromatic N) is 1. The molecule has 3 N–H and O–H groups in total. The Morgan fingerprint density at radius 1 is 1.25 bits per heavy atom. The second-order valence-electron chi connectivity index (χ2n) is 5.01. The van der Waals surface area contributed by atoms with Crippen LogP contribution in [0.3, 0.4) is 0 Å². The van der Waals surface area contributed by atoms with Gasteiger partial charge in [-0.3, -0.25) is 10.6 Å². The molecule has 1 aliphatic rings. The van der Waals surface area contributed by atoms with Gasteiger partial charge in [-0.2, -0.15) is 0 Å². The Morgan fingerprint density at radius 2 is 2.05 bits per heavy atom. The van der Waals surface area contributed by atoms with Crippen LogP contribution in [0.15, 0.2) is 42.5 Å². The second kappa shape index (κ2) is 4.98. The molecule has 4 heteroatoms. The Balaban J connectivity index is 1.95. The predicted octanol–water partition coefficient (Wildman–Crippen LogP) is 2.48. The molecule has 2 aromatic rings. The van der Waals surface area contributed by atoms with Crippen LogP contribution in [0, 0.1) is 6.92 Å². The molecule has 0 bridgehead atoms. The van der Waals surface area contributed by atoms with E-state index in [1.807, 2.05) is 48.2 Å². The first-order chi connectivity index (χ1) is 9.70. The summed E-state index contributed by atoms with van der Waals surface area (Å²) in [6, 6.07) is 13.6. The van der Waals surface area contributed by atoms with Crippen LogP contribution in [-0.2, 0) is 6.42 Å². The summed E-state index contributed by atoms with van der Waals surface area (Å²) in [5, 5.41) is 0. The van der Waals surface area contributed by atoms with Gasteiger partial charge in [0.2, 0.25) is 0 Å². The zero-order valence-electron chi connectivity index (χ0n) is 11.4. The molecule has 4 nitrogen and oxygen atoms in total. The van der Waals surface area contributed by atoms with E-state index < -0.39 is 0 Å². The standard InChI is InChI=1S/C16H17N3O/c1-11-10-13(18-17)6-7-14(11)16(20)19-9-8-12-4-2-3-5-15(12)19/h2-7,10,18H,8-9,17H2,1H3. The molecule has 0 unspecified atom stereocenters. The minimum atomic E-state index is 0.0519. The minimum Gasteiger partial charge on any atom is -0.324 e. The van der Waals surface area contributed by atoms with Crippen LogP contribution in [0.2, 0.25) is 0 Å². The number of carbonyl (C=O) groups excluding carboxylic acids is 1. The van der Waals surface area contributed by atoms with E-state index in [9.17, 15) is 4.79 Å². The lowest BCUT2D eigenvalue weighted by Crippen LogP contribution is -2.29. The third-order valence-electron chi connectivity index (χ3n) is 3.76. The number of carbonyl (C=O) groups is 1. The summed E-state index contributed by atoms with van der Waals surface area (Å²) in [6.45, 7) is 2.67. The molecule has 0 saturated heterocycles. The van der Waals surface area contributed by atoms with Gasteiger partial charge in [0, 0.05) is 23.5 Å². The lowest BCUT2D eigenvalue weighted by Gasteiger charge is -2.19. The number of hydrazine groups is 1. The molecule has 102 valence electrons. The summed E-state index contributed by atoms with van der Waals surface area (Å²) in [4.78, 5) is 14.6. The molecule has 0 aliphatic carbocycles. The van der Waals surface area contributed by atoms with E-state index >= 15 is 0 Å². The van der Waals surface area contributed by atoms with Crippen LogP contribution in [0.5, 0.6) is 0 Å². The molecule has 20 heavy (non-hydrogen) atoms. The lowest BCUT2D eigenvalue weighted by atomic mass is 10.1. The molecule has 1 heterocycles. The van der Waals surface area contributed by atoms with Gasteiger partial charge >= 0.3 is 0 Å². The van der Waals surface area contributed by atoms with Gasteiger partial charge in [0.1, 0.15) is 0 Å². The van der Waals surface area contributed by atoms with Crippen LogP contribution in [0.4, 0.5) is 11.4 Å². The quantitative estimate of drug-likeness (QED) is 0.649. The van der Waals surface area contributed by atoms with Crippen molar-refractivity contribution < 1.29 is 4.79 Å². The molecule has 0 atom stereocenters. The van der Waals surface area contributed by atoms with Crippen LogP contribution < -0.4 is 16.2 Å². The highest BCUT2D eigenvalue weighted by Crippen LogP contribution is 2.29. The SMILES string of the molecule is Cc1cc(NN)ccc1C(=O)N1CCc2ccccc21. The predicted molar refractivity (Wildman–Crippen MR) is 80.8 cm³/mol. The zero-order valence-corrected chi connectivity index (χ0v) is 11.4. The number of aryl methyl sites for hydroxylation is 1. The Hall–Kier alpha value is -2.33. The summed E-state index contributed by atoms with van der Waals surface area (Å²) in [7, 11) is 0. The number of anilines is 2. The van der Waals surface area contributed by atoms with Crippen molar-refractivity contribution >= 4 is 17.3 Å². The summed E-state index contributed by atoms with van der Waals surface area (Å²) in [5.41, 5.74) is 7.31. The molecule has 3 rings (SSSR count). The second-order valence-corrected chi connectivity index (χ2v) is 5.01. The van der Waals surface area contributed by atoms with E-state index in [0.717, 1.165) is 35.5 Å². The lowest BCUT2D eigenvalue weighted by molar-refractivity contribution is 0.0989. The van der Waals surface area contributed by atoms with Gasteiger partial charge in [-0.1, -0.05) is 18.2 Å². The Morgan fingerprint density at radius 3 is 2.80 bits per heavy atom. The normalized spacial score (nSPS) is 13.2. The molecule has 2 aromatic carbocycles. The maximum absolute atomic E-state index is 12.7. The van der Waals surface area contributed by atoms with Crippen molar-refractivity contribution in [3.63, 3.8) is 0 Å². The fourth-order valence-corrected chi connectivity index (χ4v) is 2.69. The molecule has 0 spiro atoms. The minimum absolute atomic E-state index is 0.0519. The highest BCUT2D eigenvalue weighted by atomic mass is 16.2. The zero-order chi connectivity index (χ0) is 14.1. The van der Waals surface area contributed by atoms with Gasteiger partial charge < -0.3 is 10.3 Å². The third kappa shape index (κ3) is 2.04. The number of hydrogen-bond acceptors (Lipinski definition) is 3. The number of nitrogen functional groups attached to an aromatic ring is 1. The van der Waals surface area contributed by atoms with Crippen molar-refractivity contribution in [1.82, 2.24) is 0 Å². The number of benzene rings is 2. The van der Waals surface area contributed by atoms with E-state index in [1.165, 1.54) is 5.56 Å². The van der Waals surface area contributed by atoms with Gasteiger partial charge in [0.05, 0.1) is 0 Å². The van der Waals surface area contributed by atoms with Crippen LogP contribution in [0.25, 0.3) is 0 Å². The summed E-state index contributed by atoms with van der Waals surface area (Å²) in [5.74, 6) is 5.44. The van der Waals surface area contributed by atoms with Crippen molar-refractivity contribution in [3.05, 3.63) is 59.2 Å². The van der Waals surface area contributed by atoms with Crippen molar-refractivity contribution in [2.24, 2.45) is 5.84 Å². The van der Waals surface area contributed by atoms with Gasteiger partial charge in [0.25, 0.3) is 5.91 Å². The van der Waals surface area contributed by atoms with Crippen LogP contribution in [0.1, 0.15) is 21.5 Å². The van der Waals surface area contributed by atoms with Crippen LogP contribution in [-0.4, -0.2) is 12.5 Å². The van der Waals surface area contributed by atoms with E-state index in [1.54, 1.807) is 0 Å². The van der Waals surface area contributed by atoms with Crippen LogP contribution >= 0.6 is 0 Å². The fraction of sp³-hybridized carbons (Fsp3) is 0.188. The largest absolute Gasteiger partial charge is 0.324 e. The van der Waals surface area contributed by atoms with E-state index in [4.69, 9.17) is 5.84 Å². The Kier molecular flexibility index (Phi) is 3.16. The van der Waals surface area contributed by atoms with E-state index in [0.29, 0.717) is 0 Å². The van der Waals surface area contributed by atoms with Crippen molar-refractivity contribution in [1.29, 1.82) is 0 Å². The molecule has 0 saturated carbocycles. The first kappa shape index (κ1) is 12.7. The highest BCUT2D eigenvalue weighted by molar-refractivity contribution is 6.08. The highest BCUT2D eigenvalue weighted by Gasteiger charge is 2.25. The van der Waals surface area contributed by atoms with Gasteiger partial charge in [-0.15, -0.1) is 0 Å². The number of rotatable bonds is 2. The summed E-state index contributed by atoms with van der Waals surface area (Å²) >= 11 is 0. The fourth-order valence-electron chi connectivity index (χ4n) is 2.69. The first-order valence-electron chi connectivity index (χ1n) is 6.68. The molecule has 1 amide bonds. The monoisotopic (exact) mass is 267 g/mol. The third-order valence-corrected chi connectivity index (χ3v) is 3.76. The summed E-state index contributed by atoms with van der Waals surface area (Å²) in [6.07, 6.45) is 0.920. The smallest absolute Gasteiger partial charge is 0.258 e. The number of nitrogens with one attached hydrogen (secondary N) is 1. The Labute approximate surface area is 118 Å². The van der Waals surface area contributed by atoms with Crippen molar-refractivity contribution in [3.8, 4) is 0 Å².